The third kappa shape index (κ3) is 3.41. The molecule has 1 saturated heterocycles. The zero-order chi connectivity index (χ0) is 14.0. The van der Waals surface area contributed by atoms with Crippen LogP contribution in [0.4, 0.5) is 23.2 Å². The third-order valence-corrected chi connectivity index (χ3v) is 4.11. The summed E-state index contributed by atoms with van der Waals surface area (Å²) in [6, 6.07) is 4.84. The molecule has 1 fully saturated rings. The Balaban J connectivity index is 2.06. The van der Waals surface area contributed by atoms with Crippen LogP contribution >= 0.6 is 15.9 Å². The lowest BCUT2D eigenvalue weighted by atomic mass is 9.96. The molecule has 0 N–H and O–H groups in total. The van der Waals surface area contributed by atoms with E-state index in [2.05, 4.69) is 15.9 Å². The van der Waals surface area contributed by atoms with Crippen LogP contribution in [0.1, 0.15) is 18.4 Å². The van der Waals surface area contributed by atoms with E-state index in [1.807, 2.05) is 0 Å². The van der Waals surface area contributed by atoms with Crippen LogP contribution in [-0.2, 0) is 5.33 Å². The van der Waals surface area contributed by atoms with Gasteiger partial charge in [0.25, 0.3) is 0 Å². The van der Waals surface area contributed by atoms with Crippen molar-refractivity contribution in [2.24, 2.45) is 5.92 Å². The molecular weight excluding hydrogens is 326 g/mol. The Morgan fingerprint density at radius 2 is 1.84 bits per heavy atom. The molecule has 0 aliphatic carbocycles. The largest absolute Gasteiger partial charge is 0.391 e. The minimum atomic E-state index is -4.13. The normalized spacial score (nSPS) is 17.8. The van der Waals surface area contributed by atoms with Gasteiger partial charge in [-0.2, -0.15) is 13.2 Å². The van der Waals surface area contributed by atoms with Crippen molar-refractivity contribution in [3.05, 3.63) is 29.6 Å². The van der Waals surface area contributed by atoms with Gasteiger partial charge in [0.05, 0.1) is 11.6 Å². The molecule has 106 valence electrons. The lowest BCUT2D eigenvalue weighted by molar-refractivity contribution is -0.179. The SMILES string of the molecule is Fc1cc(CBr)ccc1N1CCC(C(F)(F)F)CC1. The van der Waals surface area contributed by atoms with E-state index >= 15 is 0 Å². The summed E-state index contributed by atoms with van der Waals surface area (Å²) in [6.07, 6.45) is -4.07. The van der Waals surface area contributed by atoms with Crippen LogP contribution < -0.4 is 4.90 Å². The van der Waals surface area contributed by atoms with Gasteiger partial charge in [0.1, 0.15) is 5.82 Å². The predicted molar refractivity (Wildman–Crippen MR) is 70.0 cm³/mol. The molecule has 0 spiro atoms. The quantitative estimate of drug-likeness (QED) is 0.566. The highest BCUT2D eigenvalue weighted by Crippen LogP contribution is 2.35. The maximum absolute atomic E-state index is 13.9. The summed E-state index contributed by atoms with van der Waals surface area (Å²) in [5, 5.41) is 0.556. The number of benzene rings is 1. The highest BCUT2D eigenvalue weighted by Gasteiger charge is 2.41. The Bertz CT molecular complexity index is 439. The van der Waals surface area contributed by atoms with Gasteiger partial charge in [-0.3, -0.25) is 0 Å². The van der Waals surface area contributed by atoms with Crippen LogP contribution in [0.25, 0.3) is 0 Å². The van der Waals surface area contributed by atoms with Gasteiger partial charge in [0.2, 0.25) is 0 Å². The monoisotopic (exact) mass is 339 g/mol. The van der Waals surface area contributed by atoms with E-state index in [9.17, 15) is 17.6 Å². The summed E-state index contributed by atoms with van der Waals surface area (Å²) in [5.41, 5.74) is 1.21. The topological polar surface area (TPSA) is 3.24 Å². The third-order valence-electron chi connectivity index (χ3n) is 3.46. The first-order valence-corrected chi connectivity index (χ1v) is 7.20. The molecule has 1 nitrogen and oxygen atoms in total. The molecule has 6 heteroatoms. The summed E-state index contributed by atoms with van der Waals surface area (Å²) in [6.45, 7) is 0.490. The maximum atomic E-state index is 13.9. The Morgan fingerprint density at radius 1 is 1.21 bits per heavy atom. The highest BCUT2D eigenvalue weighted by atomic mass is 79.9. The molecule has 0 bridgehead atoms. The molecule has 1 aliphatic heterocycles. The molecule has 0 saturated carbocycles. The Hall–Kier alpha value is -0.780. The zero-order valence-corrected chi connectivity index (χ0v) is 11.8. The number of nitrogens with zero attached hydrogens (tertiary/aromatic N) is 1. The molecule has 0 amide bonds. The van der Waals surface area contributed by atoms with Crippen LogP contribution in [0.5, 0.6) is 0 Å². The van der Waals surface area contributed by atoms with Crippen molar-refractivity contribution >= 4 is 21.6 Å². The molecule has 0 atom stereocenters. The minimum absolute atomic E-state index is 0.0309. The number of hydrogen-bond donors (Lipinski definition) is 0. The van der Waals surface area contributed by atoms with Gasteiger partial charge in [0, 0.05) is 18.4 Å². The smallest absolute Gasteiger partial charge is 0.369 e. The van der Waals surface area contributed by atoms with E-state index in [0.29, 0.717) is 11.0 Å². The second-order valence-electron chi connectivity index (χ2n) is 4.72. The molecule has 1 aliphatic rings. The second kappa shape index (κ2) is 5.69. The van der Waals surface area contributed by atoms with Gasteiger partial charge in [-0.05, 0) is 30.5 Å². The first kappa shape index (κ1) is 14.6. The number of anilines is 1. The van der Waals surface area contributed by atoms with Crippen LogP contribution in [0.15, 0.2) is 18.2 Å². The van der Waals surface area contributed by atoms with E-state index in [-0.39, 0.29) is 31.7 Å². The summed E-state index contributed by atoms with van der Waals surface area (Å²) >= 11 is 3.24. The summed E-state index contributed by atoms with van der Waals surface area (Å²) in [5.74, 6) is -1.63. The summed E-state index contributed by atoms with van der Waals surface area (Å²) < 4.78 is 51.5. The molecule has 19 heavy (non-hydrogen) atoms. The molecule has 0 aromatic heterocycles. The van der Waals surface area contributed by atoms with Gasteiger partial charge in [0.15, 0.2) is 0 Å². The van der Waals surface area contributed by atoms with Crippen molar-refractivity contribution in [3.8, 4) is 0 Å². The molecular formula is C13H14BrF4N. The lowest BCUT2D eigenvalue weighted by Crippen LogP contribution is -2.39. The first-order chi connectivity index (χ1) is 8.91. The predicted octanol–water partition coefficient (Wildman–Crippen LogP) is 4.50. The second-order valence-corrected chi connectivity index (χ2v) is 5.28. The van der Waals surface area contributed by atoms with Crippen molar-refractivity contribution in [1.82, 2.24) is 0 Å². The highest BCUT2D eigenvalue weighted by molar-refractivity contribution is 9.08. The Labute approximate surface area is 117 Å². The van der Waals surface area contributed by atoms with E-state index in [1.165, 1.54) is 6.07 Å². The molecule has 1 aromatic rings. The standard InChI is InChI=1S/C13H14BrF4N/c14-8-9-1-2-12(11(15)7-9)19-5-3-10(4-6-19)13(16,17)18/h1-2,7,10H,3-6,8H2. The molecule has 2 rings (SSSR count). The first-order valence-electron chi connectivity index (χ1n) is 6.08. The van der Waals surface area contributed by atoms with Gasteiger partial charge in [-0.25, -0.2) is 4.39 Å². The van der Waals surface area contributed by atoms with Gasteiger partial charge < -0.3 is 4.90 Å². The number of rotatable bonds is 2. The zero-order valence-electron chi connectivity index (χ0n) is 10.2. The van der Waals surface area contributed by atoms with E-state index in [0.717, 1.165) is 5.56 Å². The summed E-state index contributed by atoms with van der Waals surface area (Å²) in [7, 11) is 0. The van der Waals surface area contributed by atoms with Gasteiger partial charge in [-0.1, -0.05) is 22.0 Å². The van der Waals surface area contributed by atoms with Crippen LogP contribution in [-0.4, -0.2) is 19.3 Å². The van der Waals surface area contributed by atoms with Crippen LogP contribution in [0, 0.1) is 11.7 Å². The van der Waals surface area contributed by atoms with Crippen molar-refractivity contribution in [3.63, 3.8) is 0 Å². The van der Waals surface area contributed by atoms with Crippen molar-refractivity contribution in [1.29, 1.82) is 0 Å². The number of alkyl halides is 4. The molecule has 1 aromatic carbocycles. The Kier molecular flexibility index (Phi) is 4.38. The number of piperidine rings is 1. The number of halogens is 5. The minimum Gasteiger partial charge on any atom is -0.369 e. The fraction of sp³-hybridized carbons (Fsp3) is 0.538. The molecule has 0 unspecified atom stereocenters. The lowest BCUT2D eigenvalue weighted by Gasteiger charge is -2.34. The maximum Gasteiger partial charge on any atom is 0.391 e. The van der Waals surface area contributed by atoms with Crippen LogP contribution in [0.2, 0.25) is 0 Å². The van der Waals surface area contributed by atoms with Gasteiger partial charge >= 0.3 is 6.18 Å². The van der Waals surface area contributed by atoms with Gasteiger partial charge in [-0.15, -0.1) is 0 Å². The van der Waals surface area contributed by atoms with Crippen LogP contribution in [0.3, 0.4) is 0 Å². The van der Waals surface area contributed by atoms with E-state index in [4.69, 9.17) is 0 Å². The van der Waals surface area contributed by atoms with Crippen molar-refractivity contribution in [2.45, 2.75) is 24.3 Å². The number of hydrogen-bond acceptors (Lipinski definition) is 1. The van der Waals surface area contributed by atoms with E-state index in [1.54, 1.807) is 17.0 Å². The molecule has 1 heterocycles. The fourth-order valence-corrected chi connectivity index (χ4v) is 2.69. The summed E-state index contributed by atoms with van der Waals surface area (Å²) in [4.78, 5) is 1.69. The van der Waals surface area contributed by atoms with Crippen molar-refractivity contribution in [2.75, 3.05) is 18.0 Å². The average Bonchev–Trinajstić information content (AvgIpc) is 2.37. The average molecular weight is 340 g/mol. The Morgan fingerprint density at radius 3 is 2.32 bits per heavy atom. The van der Waals surface area contributed by atoms with Crippen molar-refractivity contribution < 1.29 is 17.6 Å². The fourth-order valence-electron chi connectivity index (χ4n) is 2.34. The van der Waals surface area contributed by atoms with E-state index < -0.39 is 12.1 Å². The molecule has 0 radical (unpaired) electrons.